The topological polar surface area (TPSA) is 64.4 Å². The molecule has 5 nitrogen and oxygen atoms in total. The Morgan fingerprint density at radius 3 is 2.67 bits per heavy atom. The quantitative estimate of drug-likeness (QED) is 0.874. The number of aryl methyl sites for hydroxylation is 1. The number of hydrogen-bond donors (Lipinski definition) is 1. The molecular weight excluding hydrogens is 232 g/mol. The zero-order chi connectivity index (χ0) is 13.0. The van der Waals surface area contributed by atoms with Gasteiger partial charge in [0.05, 0.1) is 18.9 Å². The van der Waals surface area contributed by atoms with Crippen molar-refractivity contribution in [1.29, 1.82) is 0 Å². The zero-order valence-corrected chi connectivity index (χ0v) is 10.0. The van der Waals surface area contributed by atoms with Crippen LogP contribution in [0.5, 0.6) is 0 Å². The Morgan fingerprint density at radius 1 is 1.33 bits per heavy atom. The SMILES string of the molecule is Cn1nc(C(=O)O)cc1COCc1ccccc1. The highest BCUT2D eigenvalue weighted by Crippen LogP contribution is 2.07. The summed E-state index contributed by atoms with van der Waals surface area (Å²) >= 11 is 0. The maximum absolute atomic E-state index is 10.7. The average molecular weight is 246 g/mol. The first-order valence-corrected chi connectivity index (χ1v) is 5.54. The van der Waals surface area contributed by atoms with E-state index in [0.29, 0.717) is 13.2 Å². The Hall–Kier alpha value is -2.14. The molecule has 1 aromatic heterocycles. The number of ether oxygens (including phenoxy) is 1. The van der Waals surface area contributed by atoms with Crippen molar-refractivity contribution in [3.05, 3.63) is 53.3 Å². The molecule has 0 radical (unpaired) electrons. The molecule has 0 aliphatic heterocycles. The van der Waals surface area contributed by atoms with Gasteiger partial charge in [-0.2, -0.15) is 5.10 Å². The summed E-state index contributed by atoms with van der Waals surface area (Å²) in [4.78, 5) is 10.7. The van der Waals surface area contributed by atoms with E-state index in [2.05, 4.69) is 5.10 Å². The third-order valence-electron chi connectivity index (χ3n) is 2.56. The van der Waals surface area contributed by atoms with Gasteiger partial charge in [0.1, 0.15) is 0 Å². The normalized spacial score (nSPS) is 10.5. The van der Waals surface area contributed by atoms with E-state index in [9.17, 15) is 4.79 Å². The number of benzene rings is 1. The molecule has 2 rings (SSSR count). The van der Waals surface area contributed by atoms with Crippen LogP contribution in [0.25, 0.3) is 0 Å². The molecule has 0 spiro atoms. The number of carboxylic acid groups (broad SMARTS) is 1. The summed E-state index contributed by atoms with van der Waals surface area (Å²) in [7, 11) is 1.70. The van der Waals surface area contributed by atoms with Crippen molar-refractivity contribution in [2.24, 2.45) is 7.05 Å². The Labute approximate surface area is 105 Å². The van der Waals surface area contributed by atoms with Crippen LogP contribution in [0.3, 0.4) is 0 Å². The van der Waals surface area contributed by atoms with Gasteiger partial charge in [0, 0.05) is 7.05 Å². The maximum atomic E-state index is 10.7. The lowest BCUT2D eigenvalue weighted by Crippen LogP contribution is -2.02. The summed E-state index contributed by atoms with van der Waals surface area (Å²) in [6.45, 7) is 0.833. The van der Waals surface area contributed by atoms with E-state index in [1.54, 1.807) is 7.05 Å². The minimum absolute atomic E-state index is 0.0378. The van der Waals surface area contributed by atoms with Crippen molar-refractivity contribution in [2.45, 2.75) is 13.2 Å². The molecule has 0 unspecified atom stereocenters. The fraction of sp³-hybridized carbons (Fsp3) is 0.231. The molecule has 0 amide bonds. The van der Waals surface area contributed by atoms with Gasteiger partial charge in [-0.1, -0.05) is 30.3 Å². The summed E-state index contributed by atoms with van der Waals surface area (Å²) < 4.78 is 7.05. The van der Waals surface area contributed by atoms with Crippen LogP contribution in [0.2, 0.25) is 0 Å². The molecule has 0 aliphatic rings. The van der Waals surface area contributed by atoms with E-state index in [1.807, 2.05) is 30.3 Å². The van der Waals surface area contributed by atoms with E-state index in [1.165, 1.54) is 10.7 Å². The molecule has 0 aliphatic carbocycles. The van der Waals surface area contributed by atoms with E-state index in [4.69, 9.17) is 9.84 Å². The van der Waals surface area contributed by atoms with Gasteiger partial charge in [0.2, 0.25) is 0 Å². The van der Waals surface area contributed by atoms with Crippen LogP contribution in [-0.2, 0) is 25.0 Å². The molecule has 0 atom stereocenters. The highest BCUT2D eigenvalue weighted by atomic mass is 16.5. The summed E-state index contributed by atoms with van der Waals surface area (Å²) in [6.07, 6.45) is 0. The van der Waals surface area contributed by atoms with Crippen LogP contribution in [0.1, 0.15) is 21.7 Å². The zero-order valence-electron chi connectivity index (χ0n) is 10.0. The van der Waals surface area contributed by atoms with Crippen molar-refractivity contribution in [1.82, 2.24) is 9.78 Å². The predicted octanol–water partition coefficient (Wildman–Crippen LogP) is 1.84. The molecule has 0 fully saturated rings. The van der Waals surface area contributed by atoms with Crippen molar-refractivity contribution in [3.63, 3.8) is 0 Å². The van der Waals surface area contributed by atoms with Gasteiger partial charge in [0.25, 0.3) is 0 Å². The lowest BCUT2D eigenvalue weighted by Gasteiger charge is -2.04. The molecule has 0 bridgehead atoms. The van der Waals surface area contributed by atoms with Crippen molar-refractivity contribution < 1.29 is 14.6 Å². The number of nitrogens with zero attached hydrogens (tertiary/aromatic N) is 2. The molecule has 2 aromatic rings. The highest BCUT2D eigenvalue weighted by molar-refractivity contribution is 5.85. The molecular formula is C13H14N2O3. The Kier molecular flexibility index (Phi) is 3.74. The number of carboxylic acids is 1. The minimum Gasteiger partial charge on any atom is -0.476 e. The molecule has 1 aromatic carbocycles. The number of rotatable bonds is 5. The first-order valence-electron chi connectivity index (χ1n) is 5.54. The molecule has 5 heteroatoms. The molecule has 1 heterocycles. The van der Waals surface area contributed by atoms with Crippen LogP contribution in [0.15, 0.2) is 36.4 Å². The fourth-order valence-electron chi connectivity index (χ4n) is 1.59. The Morgan fingerprint density at radius 2 is 2.06 bits per heavy atom. The van der Waals surface area contributed by atoms with Crippen LogP contribution in [0, 0.1) is 0 Å². The van der Waals surface area contributed by atoms with Gasteiger partial charge in [-0.15, -0.1) is 0 Å². The molecule has 0 saturated carbocycles. The van der Waals surface area contributed by atoms with Gasteiger partial charge >= 0.3 is 5.97 Å². The second-order valence-electron chi connectivity index (χ2n) is 3.93. The van der Waals surface area contributed by atoms with Gasteiger partial charge < -0.3 is 9.84 Å². The molecule has 0 saturated heterocycles. The number of aromatic carboxylic acids is 1. The smallest absolute Gasteiger partial charge is 0.356 e. The first-order chi connectivity index (χ1) is 8.66. The monoisotopic (exact) mass is 246 g/mol. The van der Waals surface area contributed by atoms with Gasteiger partial charge in [-0.25, -0.2) is 4.79 Å². The van der Waals surface area contributed by atoms with E-state index in [-0.39, 0.29) is 5.69 Å². The third-order valence-corrected chi connectivity index (χ3v) is 2.56. The third kappa shape index (κ3) is 2.95. The Bertz CT molecular complexity index is 534. The van der Waals surface area contributed by atoms with Crippen LogP contribution < -0.4 is 0 Å². The molecule has 1 N–H and O–H groups in total. The molecule has 94 valence electrons. The van der Waals surface area contributed by atoms with Crippen molar-refractivity contribution in [2.75, 3.05) is 0 Å². The van der Waals surface area contributed by atoms with E-state index < -0.39 is 5.97 Å². The average Bonchev–Trinajstić information content (AvgIpc) is 2.73. The first kappa shape index (κ1) is 12.3. The predicted molar refractivity (Wildman–Crippen MR) is 65.1 cm³/mol. The summed E-state index contributed by atoms with van der Waals surface area (Å²) in [6, 6.07) is 11.3. The molecule has 18 heavy (non-hydrogen) atoms. The van der Waals surface area contributed by atoms with Crippen LogP contribution in [0.4, 0.5) is 0 Å². The lowest BCUT2D eigenvalue weighted by molar-refractivity contribution is 0.0689. The van der Waals surface area contributed by atoms with E-state index in [0.717, 1.165) is 11.3 Å². The van der Waals surface area contributed by atoms with Crippen LogP contribution >= 0.6 is 0 Å². The second kappa shape index (κ2) is 5.46. The van der Waals surface area contributed by atoms with Crippen molar-refractivity contribution >= 4 is 5.97 Å². The van der Waals surface area contributed by atoms with Gasteiger partial charge in [-0.3, -0.25) is 4.68 Å². The van der Waals surface area contributed by atoms with Gasteiger partial charge in [0.15, 0.2) is 5.69 Å². The second-order valence-corrected chi connectivity index (χ2v) is 3.93. The maximum Gasteiger partial charge on any atom is 0.356 e. The largest absolute Gasteiger partial charge is 0.476 e. The van der Waals surface area contributed by atoms with Gasteiger partial charge in [-0.05, 0) is 11.6 Å². The summed E-state index contributed by atoms with van der Waals surface area (Å²) in [5, 5.41) is 12.7. The van der Waals surface area contributed by atoms with Crippen molar-refractivity contribution in [3.8, 4) is 0 Å². The number of carbonyl (C=O) groups is 1. The summed E-state index contributed by atoms with van der Waals surface area (Å²) in [5.74, 6) is -1.03. The standard InChI is InChI=1S/C13H14N2O3/c1-15-11(7-12(14-15)13(16)17)9-18-8-10-5-3-2-4-6-10/h2-7H,8-9H2,1H3,(H,16,17). The summed E-state index contributed by atoms with van der Waals surface area (Å²) in [5.41, 5.74) is 1.86. The fourth-order valence-corrected chi connectivity index (χ4v) is 1.59. The van der Waals surface area contributed by atoms with E-state index >= 15 is 0 Å². The lowest BCUT2D eigenvalue weighted by atomic mass is 10.2. The Balaban J connectivity index is 1.92. The highest BCUT2D eigenvalue weighted by Gasteiger charge is 2.10. The van der Waals surface area contributed by atoms with Crippen LogP contribution in [-0.4, -0.2) is 20.9 Å². The number of hydrogen-bond acceptors (Lipinski definition) is 3. The minimum atomic E-state index is -1.03. The number of aromatic nitrogens is 2.